The minimum Gasteiger partial charge on any atom is -0.408 e. The average molecular weight is 260 g/mol. The van der Waals surface area contributed by atoms with E-state index in [1.807, 2.05) is 25.3 Å². The molecule has 2 heterocycles. The van der Waals surface area contributed by atoms with Crippen LogP contribution < -0.4 is 5.32 Å². The lowest BCUT2D eigenvalue weighted by Gasteiger charge is -2.01. The molecular weight excluding hydrogens is 240 g/mol. The van der Waals surface area contributed by atoms with Gasteiger partial charge in [0.25, 0.3) is 0 Å². The Morgan fingerprint density at radius 2 is 2.11 bits per heavy atom. The van der Waals surface area contributed by atoms with Crippen molar-refractivity contribution in [2.24, 2.45) is 5.92 Å². The highest BCUT2D eigenvalue weighted by atomic mass is 16.4. The van der Waals surface area contributed by atoms with Crippen LogP contribution in [0.15, 0.2) is 22.7 Å². The van der Waals surface area contributed by atoms with Crippen molar-refractivity contribution in [1.82, 2.24) is 15.2 Å². The minimum atomic E-state index is 0.459. The topological polar surface area (TPSA) is 63.8 Å². The van der Waals surface area contributed by atoms with Crippen LogP contribution >= 0.6 is 0 Å². The highest BCUT2D eigenvalue weighted by Gasteiger charge is 2.06. The lowest BCUT2D eigenvalue weighted by atomic mass is 10.1. The Kier molecular flexibility index (Phi) is 4.49. The van der Waals surface area contributed by atoms with Crippen molar-refractivity contribution in [1.29, 1.82) is 0 Å². The fourth-order valence-corrected chi connectivity index (χ4v) is 1.61. The summed E-state index contributed by atoms with van der Waals surface area (Å²) in [6.07, 6.45) is 3.73. The Bertz CT molecular complexity index is 504. The number of hydrogen-bond acceptors (Lipinski definition) is 5. The highest BCUT2D eigenvalue weighted by Crippen LogP contribution is 2.11. The van der Waals surface area contributed by atoms with Gasteiger partial charge in [-0.05, 0) is 30.9 Å². The van der Waals surface area contributed by atoms with Gasteiger partial charge in [0.05, 0.1) is 12.2 Å². The first kappa shape index (κ1) is 13.5. The average Bonchev–Trinajstić information content (AvgIpc) is 2.84. The molecule has 0 saturated heterocycles. The van der Waals surface area contributed by atoms with Crippen molar-refractivity contribution in [3.05, 3.63) is 35.5 Å². The van der Waals surface area contributed by atoms with Crippen molar-refractivity contribution in [3.8, 4) is 0 Å². The van der Waals surface area contributed by atoms with Gasteiger partial charge in [0, 0.05) is 12.6 Å². The molecule has 2 aromatic heterocycles. The normalized spacial score (nSPS) is 10.9. The first-order valence-corrected chi connectivity index (χ1v) is 6.61. The summed E-state index contributed by atoms with van der Waals surface area (Å²) in [6.45, 7) is 6.96. The second-order valence-corrected chi connectivity index (χ2v) is 5.11. The fourth-order valence-electron chi connectivity index (χ4n) is 1.61. The highest BCUT2D eigenvalue weighted by molar-refractivity contribution is 5.21. The van der Waals surface area contributed by atoms with E-state index in [0.717, 1.165) is 24.1 Å². The molecule has 5 nitrogen and oxygen atoms in total. The van der Waals surface area contributed by atoms with Crippen LogP contribution in [0.5, 0.6) is 0 Å². The monoisotopic (exact) mass is 260 g/mol. The Hall–Kier alpha value is -1.91. The molecule has 0 amide bonds. The number of pyridine rings is 1. The number of nitrogens with one attached hydrogen (secondary N) is 1. The van der Waals surface area contributed by atoms with Crippen LogP contribution in [0.25, 0.3) is 0 Å². The van der Waals surface area contributed by atoms with E-state index in [1.54, 1.807) is 0 Å². The second kappa shape index (κ2) is 6.31. The summed E-state index contributed by atoms with van der Waals surface area (Å²) in [5.74, 6) is 1.33. The van der Waals surface area contributed by atoms with Gasteiger partial charge in [-0.1, -0.05) is 25.0 Å². The fraction of sp³-hybridized carbons (Fsp3) is 0.500. The maximum atomic E-state index is 5.52. The van der Waals surface area contributed by atoms with Gasteiger partial charge < -0.3 is 9.73 Å². The minimum absolute atomic E-state index is 0.459. The van der Waals surface area contributed by atoms with Gasteiger partial charge in [-0.25, -0.2) is 0 Å². The molecule has 0 spiro atoms. The van der Waals surface area contributed by atoms with Gasteiger partial charge in [-0.3, -0.25) is 4.98 Å². The molecule has 0 fully saturated rings. The number of rotatable bonds is 6. The SMILES string of the molecule is Cc1ccc(CNc2nnc(CCC(C)C)o2)nc1. The summed E-state index contributed by atoms with van der Waals surface area (Å²) in [4.78, 5) is 4.31. The lowest BCUT2D eigenvalue weighted by molar-refractivity contribution is 0.469. The molecule has 0 aliphatic heterocycles. The Labute approximate surface area is 113 Å². The summed E-state index contributed by atoms with van der Waals surface area (Å²) >= 11 is 0. The van der Waals surface area contributed by atoms with E-state index >= 15 is 0 Å². The van der Waals surface area contributed by atoms with E-state index in [9.17, 15) is 0 Å². The van der Waals surface area contributed by atoms with Gasteiger partial charge in [0.1, 0.15) is 0 Å². The van der Waals surface area contributed by atoms with Crippen LogP contribution in [-0.2, 0) is 13.0 Å². The zero-order valence-corrected chi connectivity index (χ0v) is 11.7. The molecule has 0 radical (unpaired) electrons. The molecule has 19 heavy (non-hydrogen) atoms. The molecule has 1 N–H and O–H groups in total. The van der Waals surface area contributed by atoms with Crippen LogP contribution in [0.4, 0.5) is 6.01 Å². The van der Waals surface area contributed by atoms with Crippen molar-refractivity contribution < 1.29 is 4.42 Å². The molecule has 0 unspecified atom stereocenters. The zero-order valence-electron chi connectivity index (χ0n) is 11.7. The third-order valence-corrected chi connectivity index (χ3v) is 2.80. The smallest absolute Gasteiger partial charge is 0.315 e. The molecule has 0 aliphatic carbocycles. The number of anilines is 1. The van der Waals surface area contributed by atoms with Crippen molar-refractivity contribution in [2.75, 3.05) is 5.32 Å². The summed E-state index contributed by atoms with van der Waals surface area (Å²) < 4.78 is 5.52. The standard InChI is InChI=1S/C14H20N4O/c1-10(2)4-7-13-17-18-14(19-13)16-9-12-6-5-11(3)8-15-12/h5-6,8,10H,4,7,9H2,1-3H3,(H,16,18). The van der Waals surface area contributed by atoms with E-state index in [4.69, 9.17) is 4.42 Å². The Balaban J connectivity index is 1.84. The first-order valence-electron chi connectivity index (χ1n) is 6.61. The number of aryl methyl sites for hydroxylation is 2. The van der Waals surface area contributed by atoms with E-state index in [2.05, 4.69) is 34.3 Å². The quantitative estimate of drug-likeness (QED) is 0.865. The van der Waals surface area contributed by atoms with Gasteiger partial charge in [0.2, 0.25) is 5.89 Å². The van der Waals surface area contributed by atoms with Crippen molar-refractivity contribution >= 4 is 6.01 Å². The Morgan fingerprint density at radius 3 is 2.79 bits per heavy atom. The molecule has 0 aromatic carbocycles. The largest absolute Gasteiger partial charge is 0.408 e. The zero-order chi connectivity index (χ0) is 13.7. The van der Waals surface area contributed by atoms with E-state index < -0.39 is 0 Å². The van der Waals surface area contributed by atoms with Gasteiger partial charge in [-0.15, -0.1) is 5.10 Å². The van der Waals surface area contributed by atoms with E-state index in [0.29, 0.717) is 24.4 Å². The van der Waals surface area contributed by atoms with Crippen LogP contribution in [0.1, 0.15) is 37.4 Å². The van der Waals surface area contributed by atoms with Crippen LogP contribution in [0.2, 0.25) is 0 Å². The molecule has 2 rings (SSSR count). The van der Waals surface area contributed by atoms with Crippen molar-refractivity contribution in [3.63, 3.8) is 0 Å². The van der Waals surface area contributed by atoms with Crippen molar-refractivity contribution in [2.45, 2.75) is 40.2 Å². The van der Waals surface area contributed by atoms with Crippen LogP contribution in [0.3, 0.4) is 0 Å². The predicted octanol–water partition coefficient (Wildman–Crippen LogP) is 2.97. The number of nitrogens with zero attached hydrogens (tertiary/aromatic N) is 3. The molecular formula is C14H20N4O. The third kappa shape index (κ3) is 4.35. The summed E-state index contributed by atoms with van der Waals surface area (Å²) in [6, 6.07) is 4.48. The molecule has 0 saturated carbocycles. The van der Waals surface area contributed by atoms with Crippen LogP contribution in [0, 0.1) is 12.8 Å². The van der Waals surface area contributed by atoms with Gasteiger partial charge >= 0.3 is 6.01 Å². The summed E-state index contributed by atoms with van der Waals surface area (Å²) in [5, 5.41) is 11.1. The molecule has 0 aliphatic rings. The maximum Gasteiger partial charge on any atom is 0.315 e. The number of hydrogen-bond donors (Lipinski definition) is 1. The molecule has 2 aromatic rings. The van der Waals surface area contributed by atoms with E-state index in [1.165, 1.54) is 0 Å². The summed E-state index contributed by atoms with van der Waals surface area (Å²) in [5.41, 5.74) is 2.10. The predicted molar refractivity (Wildman–Crippen MR) is 73.8 cm³/mol. The molecule has 0 bridgehead atoms. The molecule has 5 heteroatoms. The molecule has 0 atom stereocenters. The lowest BCUT2D eigenvalue weighted by Crippen LogP contribution is -2.01. The maximum absolute atomic E-state index is 5.52. The first-order chi connectivity index (χ1) is 9.13. The van der Waals surface area contributed by atoms with E-state index in [-0.39, 0.29) is 0 Å². The second-order valence-electron chi connectivity index (χ2n) is 5.11. The third-order valence-electron chi connectivity index (χ3n) is 2.80. The van der Waals surface area contributed by atoms with Gasteiger partial charge in [0.15, 0.2) is 0 Å². The van der Waals surface area contributed by atoms with Gasteiger partial charge in [-0.2, -0.15) is 0 Å². The Morgan fingerprint density at radius 1 is 1.26 bits per heavy atom. The summed E-state index contributed by atoms with van der Waals surface area (Å²) in [7, 11) is 0. The number of aromatic nitrogens is 3. The molecule has 102 valence electrons. The van der Waals surface area contributed by atoms with Crippen LogP contribution in [-0.4, -0.2) is 15.2 Å².